The summed E-state index contributed by atoms with van der Waals surface area (Å²) in [5, 5.41) is 24.7. The molecule has 0 fully saturated rings. The van der Waals surface area contributed by atoms with Crippen LogP contribution >= 0.6 is 23.1 Å². The molecule has 1 aromatic heterocycles. The molecule has 1 heterocycles. The number of carbonyl (C=O) groups is 1. The first-order valence-electron chi connectivity index (χ1n) is 7.28. The maximum Gasteiger partial charge on any atom is 0.271 e. The molecule has 1 amide bonds. The summed E-state index contributed by atoms with van der Waals surface area (Å²) in [5.41, 5.74) is 0.305. The molecule has 0 spiro atoms. The van der Waals surface area contributed by atoms with Crippen LogP contribution in [-0.4, -0.2) is 46.5 Å². The first-order valence-corrected chi connectivity index (χ1v) is 8.97. The van der Waals surface area contributed by atoms with E-state index < -0.39 is 10.2 Å². The van der Waals surface area contributed by atoms with Gasteiger partial charge in [-0.1, -0.05) is 29.2 Å². The first kappa shape index (κ1) is 19.1. The Kier molecular flexibility index (Phi) is 7.10. The van der Waals surface area contributed by atoms with Crippen LogP contribution < -0.4 is 10.6 Å². The summed E-state index contributed by atoms with van der Waals surface area (Å²) in [4.78, 5) is 22.5. The van der Waals surface area contributed by atoms with E-state index in [-0.39, 0.29) is 11.6 Å². The number of nitrogens with one attached hydrogen (secondary N) is 2. The third-order valence-electron chi connectivity index (χ3n) is 2.96. The van der Waals surface area contributed by atoms with Crippen molar-refractivity contribution >= 4 is 45.5 Å². The summed E-state index contributed by atoms with van der Waals surface area (Å²) < 4.78 is 5.59. The van der Waals surface area contributed by atoms with E-state index >= 15 is 0 Å². The van der Waals surface area contributed by atoms with Crippen molar-refractivity contribution in [2.45, 2.75) is 16.5 Å². The molecular weight excluding hydrogens is 366 g/mol. The predicted molar refractivity (Wildman–Crippen MR) is 97.3 cm³/mol. The minimum absolute atomic E-state index is 0.0750. The molecule has 0 aliphatic rings. The Labute approximate surface area is 152 Å². The standard InChI is InChI=1S/C14H17N5O4S2/c1-9(24-14-18-17-13(25-14)15-6-7-23-2)12(20)16-10-4-3-5-11(8-10)19(21)22/h3-5,8-9H,6-7H2,1-2H3,(H,15,17)(H,16,20)/t9-/m1/s1. The number of rotatable bonds is 9. The van der Waals surface area contributed by atoms with Crippen LogP contribution in [0, 0.1) is 10.1 Å². The second-order valence-corrected chi connectivity index (χ2v) is 7.41. The van der Waals surface area contributed by atoms with Crippen LogP contribution in [0.2, 0.25) is 0 Å². The highest BCUT2D eigenvalue weighted by Crippen LogP contribution is 2.29. The maximum atomic E-state index is 12.2. The van der Waals surface area contributed by atoms with E-state index in [1.165, 1.54) is 41.3 Å². The fourth-order valence-electron chi connectivity index (χ4n) is 1.73. The topological polar surface area (TPSA) is 119 Å². The molecular formula is C14H17N5O4S2. The van der Waals surface area contributed by atoms with Crippen LogP contribution in [-0.2, 0) is 9.53 Å². The normalized spacial score (nSPS) is 11.8. The third kappa shape index (κ3) is 5.96. The van der Waals surface area contributed by atoms with E-state index in [9.17, 15) is 14.9 Å². The van der Waals surface area contributed by atoms with Gasteiger partial charge in [0.05, 0.1) is 16.8 Å². The van der Waals surface area contributed by atoms with E-state index in [2.05, 4.69) is 20.8 Å². The second kappa shape index (κ2) is 9.30. The Morgan fingerprint density at radius 3 is 3.00 bits per heavy atom. The molecule has 0 saturated carbocycles. The SMILES string of the molecule is COCCNc1nnc(S[C@H](C)C(=O)Nc2cccc([N+](=O)[O-])c2)s1. The molecule has 2 N–H and O–H groups in total. The van der Waals surface area contributed by atoms with Crippen molar-refractivity contribution in [3.8, 4) is 0 Å². The van der Waals surface area contributed by atoms with Crippen molar-refractivity contribution in [2.24, 2.45) is 0 Å². The second-order valence-electron chi connectivity index (χ2n) is 4.85. The molecule has 0 radical (unpaired) electrons. The number of non-ortho nitro benzene ring substituents is 1. The molecule has 2 rings (SSSR count). The Morgan fingerprint density at radius 1 is 1.48 bits per heavy atom. The lowest BCUT2D eigenvalue weighted by atomic mass is 10.2. The van der Waals surface area contributed by atoms with Gasteiger partial charge < -0.3 is 15.4 Å². The molecule has 0 aliphatic carbocycles. The van der Waals surface area contributed by atoms with Gasteiger partial charge in [-0.3, -0.25) is 14.9 Å². The summed E-state index contributed by atoms with van der Waals surface area (Å²) >= 11 is 2.62. The van der Waals surface area contributed by atoms with Crippen molar-refractivity contribution in [3.63, 3.8) is 0 Å². The van der Waals surface area contributed by atoms with Gasteiger partial charge in [0, 0.05) is 31.5 Å². The zero-order chi connectivity index (χ0) is 18.2. The predicted octanol–water partition coefficient (Wildman–Crippen LogP) is 2.62. The van der Waals surface area contributed by atoms with Crippen LogP contribution in [0.25, 0.3) is 0 Å². The summed E-state index contributed by atoms with van der Waals surface area (Å²) in [6.07, 6.45) is 0. The zero-order valence-corrected chi connectivity index (χ0v) is 15.2. The number of aromatic nitrogens is 2. The molecule has 0 bridgehead atoms. The van der Waals surface area contributed by atoms with E-state index in [1.807, 2.05) is 0 Å². The minimum atomic E-state index is -0.507. The number of nitro benzene ring substituents is 1. The lowest BCUT2D eigenvalue weighted by Crippen LogP contribution is -2.22. The smallest absolute Gasteiger partial charge is 0.271 e. The molecule has 2 aromatic rings. The number of hydrogen-bond acceptors (Lipinski definition) is 9. The minimum Gasteiger partial charge on any atom is -0.383 e. The Bertz CT molecular complexity index is 740. The van der Waals surface area contributed by atoms with Crippen LogP contribution in [0.1, 0.15) is 6.92 Å². The Balaban J connectivity index is 1.90. The first-order chi connectivity index (χ1) is 12.0. The van der Waals surface area contributed by atoms with Crippen molar-refractivity contribution < 1.29 is 14.5 Å². The lowest BCUT2D eigenvalue weighted by molar-refractivity contribution is -0.384. The van der Waals surface area contributed by atoms with E-state index in [0.717, 1.165) is 0 Å². The number of benzene rings is 1. The molecule has 0 aliphatic heterocycles. The summed E-state index contributed by atoms with van der Waals surface area (Å²) in [6, 6.07) is 5.81. The van der Waals surface area contributed by atoms with Gasteiger partial charge >= 0.3 is 0 Å². The number of ether oxygens (including phenoxy) is 1. The third-order valence-corrected chi connectivity index (χ3v) is 5.03. The van der Waals surface area contributed by atoms with Gasteiger partial charge in [0.25, 0.3) is 5.69 Å². The summed E-state index contributed by atoms with van der Waals surface area (Å²) in [6.45, 7) is 2.92. The van der Waals surface area contributed by atoms with Crippen LogP contribution in [0.5, 0.6) is 0 Å². The average Bonchev–Trinajstić information content (AvgIpc) is 3.02. The maximum absolute atomic E-state index is 12.2. The van der Waals surface area contributed by atoms with Gasteiger partial charge in [0.15, 0.2) is 4.34 Å². The van der Waals surface area contributed by atoms with E-state index in [4.69, 9.17) is 4.74 Å². The highest BCUT2D eigenvalue weighted by atomic mass is 32.2. The quantitative estimate of drug-likeness (QED) is 0.293. The van der Waals surface area contributed by atoms with Gasteiger partial charge in [-0.15, -0.1) is 10.2 Å². The molecule has 134 valence electrons. The highest BCUT2D eigenvalue weighted by Gasteiger charge is 2.18. The van der Waals surface area contributed by atoms with E-state index in [0.29, 0.717) is 28.3 Å². The fraction of sp³-hybridized carbons (Fsp3) is 0.357. The van der Waals surface area contributed by atoms with Gasteiger partial charge in [-0.2, -0.15) is 0 Å². The fourth-order valence-corrected chi connectivity index (χ4v) is 3.66. The molecule has 1 atom stereocenters. The number of anilines is 2. The number of methoxy groups -OCH3 is 1. The van der Waals surface area contributed by atoms with Gasteiger partial charge in [0.1, 0.15) is 0 Å². The van der Waals surface area contributed by atoms with Crippen molar-refractivity contribution in [3.05, 3.63) is 34.4 Å². The van der Waals surface area contributed by atoms with Gasteiger partial charge in [0.2, 0.25) is 11.0 Å². The lowest BCUT2D eigenvalue weighted by Gasteiger charge is -2.10. The number of carbonyl (C=O) groups excluding carboxylic acids is 1. The Morgan fingerprint density at radius 2 is 2.28 bits per heavy atom. The van der Waals surface area contributed by atoms with E-state index in [1.54, 1.807) is 20.1 Å². The number of nitrogens with zero attached hydrogens (tertiary/aromatic N) is 3. The van der Waals surface area contributed by atoms with Crippen molar-refractivity contribution in [1.82, 2.24) is 10.2 Å². The molecule has 9 nitrogen and oxygen atoms in total. The average molecular weight is 383 g/mol. The van der Waals surface area contributed by atoms with Crippen LogP contribution in [0.15, 0.2) is 28.6 Å². The number of hydrogen-bond donors (Lipinski definition) is 2. The zero-order valence-electron chi connectivity index (χ0n) is 13.6. The van der Waals surface area contributed by atoms with Crippen LogP contribution in [0.4, 0.5) is 16.5 Å². The van der Waals surface area contributed by atoms with Crippen molar-refractivity contribution in [2.75, 3.05) is 30.9 Å². The molecule has 0 saturated heterocycles. The molecule has 25 heavy (non-hydrogen) atoms. The van der Waals surface area contributed by atoms with Crippen LogP contribution in [0.3, 0.4) is 0 Å². The molecule has 1 aromatic carbocycles. The number of nitro groups is 1. The highest BCUT2D eigenvalue weighted by molar-refractivity contribution is 8.02. The summed E-state index contributed by atoms with van der Waals surface area (Å²) in [5.74, 6) is -0.269. The largest absolute Gasteiger partial charge is 0.383 e. The Hall–Kier alpha value is -2.24. The summed E-state index contributed by atoms with van der Waals surface area (Å²) in [7, 11) is 1.62. The van der Waals surface area contributed by atoms with Gasteiger partial charge in [-0.05, 0) is 13.0 Å². The number of amides is 1. The van der Waals surface area contributed by atoms with Crippen molar-refractivity contribution in [1.29, 1.82) is 0 Å². The molecule has 0 unspecified atom stereocenters. The monoisotopic (exact) mass is 383 g/mol. The molecule has 11 heteroatoms. The number of thioether (sulfide) groups is 1. The van der Waals surface area contributed by atoms with Gasteiger partial charge in [-0.25, -0.2) is 0 Å².